The van der Waals surface area contributed by atoms with Gasteiger partial charge in [0.2, 0.25) is 0 Å². The second-order valence-corrected chi connectivity index (χ2v) is 11.0. The van der Waals surface area contributed by atoms with Gasteiger partial charge in [0.05, 0.1) is 30.7 Å². The highest BCUT2D eigenvalue weighted by atomic mass is 16.7. The van der Waals surface area contributed by atoms with E-state index in [0.717, 1.165) is 40.0 Å². The van der Waals surface area contributed by atoms with Crippen molar-refractivity contribution in [2.24, 2.45) is 0 Å². The number of carbonyl (C=O) groups is 5. The monoisotopic (exact) mass is 661 g/mol. The van der Waals surface area contributed by atoms with E-state index >= 15 is 0 Å². The van der Waals surface area contributed by atoms with Crippen LogP contribution in [0, 0.1) is 0 Å². The van der Waals surface area contributed by atoms with Crippen LogP contribution in [0.15, 0.2) is 30.5 Å². The highest BCUT2D eigenvalue weighted by Gasteiger charge is 2.52. The zero-order valence-corrected chi connectivity index (χ0v) is 27.4. The Labute approximate surface area is 273 Å². The van der Waals surface area contributed by atoms with E-state index in [1.807, 2.05) is 0 Å². The molecule has 47 heavy (non-hydrogen) atoms. The lowest BCUT2D eigenvalue weighted by atomic mass is 9.98. The van der Waals surface area contributed by atoms with Crippen LogP contribution in [-0.4, -0.2) is 88.8 Å². The van der Waals surface area contributed by atoms with Gasteiger partial charge in [-0.1, -0.05) is 44.2 Å². The SMILES string of the molecule is CCCCCCCCOC(=O)c1ccc(-n2cc(CO[C@H]3O[C@H](COC(C)=O)[C@@H](OC(C)=O)[C@H](OC(C)=O)[C@@H]3OC(C)=O)nn2)cc1. The summed E-state index contributed by atoms with van der Waals surface area (Å²) in [5.74, 6) is -3.27. The Morgan fingerprint density at radius 1 is 0.766 bits per heavy atom. The van der Waals surface area contributed by atoms with Gasteiger partial charge in [0.1, 0.15) is 18.4 Å². The van der Waals surface area contributed by atoms with Gasteiger partial charge in [0, 0.05) is 27.7 Å². The Morgan fingerprint density at radius 3 is 2.02 bits per heavy atom. The van der Waals surface area contributed by atoms with Crippen LogP contribution in [0.1, 0.15) is 89.2 Å². The standard InChI is InChI=1S/C32H43N3O12/c1-6-7-8-9-10-11-16-41-31(40)24-12-14-26(15-13-24)35-17-25(33-34-35)18-43-32-30(46-23(5)39)29(45-22(4)38)28(44-21(3)37)27(47-32)19-42-20(2)36/h12-15,17,27-30,32H,6-11,16,18-19H2,1-5H3/t27-,28-,29+,30+,32+/m1/s1. The molecule has 3 rings (SSSR count). The Kier molecular flexibility index (Phi) is 14.8. The Balaban J connectivity index is 1.68. The van der Waals surface area contributed by atoms with Crippen LogP contribution in [0.25, 0.3) is 5.69 Å². The van der Waals surface area contributed by atoms with Gasteiger partial charge in [-0.15, -0.1) is 5.10 Å². The van der Waals surface area contributed by atoms with Crippen molar-refractivity contribution >= 4 is 29.8 Å². The number of carbonyl (C=O) groups excluding carboxylic acids is 5. The number of hydrogen-bond acceptors (Lipinski definition) is 14. The van der Waals surface area contributed by atoms with E-state index in [2.05, 4.69) is 17.2 Å². The molecular weight excluding hydrogens is 618 g/mol. The molecule has 0 bridgehead atoms. The molecule has 1 aromatic carbocycles. The third kappa shape index (κ3) is 12.1. The van der Waals surface area contributed by atoms with Crippen molar-refractivity contribution in [3.63, 3.8) is 0 Å². The normalized spacial score (nSPS) is 20.6. The van der Waals surface area contributed by atoms with Crippen LogP contribution >= 0.6 is 0 Å². The first-order valence-corrected chi connectivity index (χ1v) is 15.6. The lowest BCUT2D eigenvalue weighted by Gasteiger charge is -2.43. The molecule has 0 aliphatic carbocycles. The van der Waals surface area contributed by atoms with Crippen molar-refractivity contribution in [1.29, 1.82) is 0 Å². The fraction of sp³-hybridized carbons (Fsp3) is 0.594. The molecule has 15 nitrogen and oxygen atoms in total. The van der Waals surface area contributed by atoms with E-state index in [1.54, 1.807) is 30.5 Å². The third-order valence-corrected chi connectivity index (χ3v) is 6.98. The lowest BCUT2D eigenvalue weighted by molar-refractivity contribution is -0.310. The molecule has 0 N–H and O–H groups in total. The van der Waals surface area contributed by atoms with Crippen molar-refractivity contribution in [2.45, 2.75) is 110 Å². The van der Waals surface area contributed by atoms with E-state index in [9.17, 15) is 24.0 Å². The largest absolute Gasteiger partial charge is 0.463 e. The van der Waals surface area contributed by atoms with E-state index in [0.29, 0.717) is 23.6 Å². The maximum absolute atomic E-state index is 12.4. The van der Waals surface area contributed by atoms with Crippen LogP contribution in [0.4, 0.5) is 0 Å². The quantitative estimate of drug-likeness (QED) is 0.137. The lowest BCUT2D eigenvalue weighted by Crippen LogP contribution is -2.62. The summed E-state index contributed by atoms with van der Waals surface area (Å²) >= 11 is 0. The van der Waals surface area contributed by atoms with Gasteiger partial charge < -0.3 is 33.2 Å². The smallest absolute Gasteiger partial charge is 0.338 e. The van der Waals surface area contributed by atoms with Crippen molar-refractivity contribution in [3.8, 4) is 5.69 Å². The van der Waals surface area contributed by atoms with E-state index in [4.69, 9.17) is 33.2 Å². The van der Waals surface area contributed by atoms with E-state index in [-0.39, 0.29) is 13.2 Å². The van der Waals surface area contributed by atoms with E-state index < -0.39 is 60.6 Å². The molecule has 15 heteroatoms. The number of benzene rings is 1. The molecule has 0 spiro atoms. The predicted octanol–water partition coefficient (Wildman–Crippen LogP) is 3.38. The topological polar surface area (TPSA) is 181 Å². The van der Waals surface area contributed by atoms with Crippen molar-refractivity contribution in [3.05, 3.63) is 41.7 Å². The summed E-state index contributed by atoms with van der Waals surface area (Å²) in [6, 6.07) is 6.66. The van der Waals surface area contributed by atoms with Crippen LogP contribution in [0.5, 0.6) is 0 Å². The second kappa shape index (κ2) is 18.7. The third-order valence-electron chi connectivity index (χ3n) is 6.98. The number of nitrogens with zero attached hydrogens (tertiary/aromatic N) is 3. The van der Waals surface area contributed by atoms with Crippen LogP contribution in [0.2, 0.25) is 0 Å². The van der Waals surface area contributed by atoms with Gasteiger partial charge in [-0.25, -0.2) is 9.48 Å². The number of hydrogen-bond donors (Lipinski definition) is 0. The van der Waals surface area contributed by atoms with Crippen molar-refractivity contribution in [1.82, 2.24) is 15.0 Å². The summed E-state index contributed by atoms with van der Waals surface area (Å²) in [4.78, 5) is 59.9. The van der Waals surface area contributed by atoms with Gasteiger partial charge in [-0.2, -0.15) is 0 Å². The fourth-order valence-corrected chi connectivity index (χ4v) is 4.86. The number of rotatable bonds is 17. The van der Waals surface area contributed by atoms with Crippen LogP contribution in [-0.2, 0) is 58.9 Å². The molecule has 0 amide bonds. The highest BCUT2D eigenvalue weighted by Crippen LogP contribution is 2.30. The first-order valence-electron chi connectivity index (χ1n) is 15.6. The first kappa shape index (κ1) is 37.1. The number of aromatic nitrogens is 3. The average molecular weight is 662 g/mol. The minimum Gasteiger partial charge on any atom is -0.463 e. The van der Waals surface area contributed by atoms with Crippen molar-refractivity contribution < 1.29 is 57.1 Å². The average Bonchev–Trinajstić information content (AvgIpc) is 3.49. The minimum atomic E-state index is -1.36. The van der Waals surface area contributed by atoms with Crippen molar-refractivity contribution in [2.75, 3.05) is 13.2 Å². The summed E-state index contributed by atoms with van der Waals surface area (Å²) in [6.07, 6.45) is 1.64. The fourth-order valence-electron chi connectivity index (χ4n) is 4.86. The summed E-state index contributed by atoms with van der Waals surface area (Å²) in [5, 5.41) is 8.21. The molecule has 258 valence electrons. The molecule has 1 saturated heterocycles. The van der Waals surface area contributed by atoms with Crippen LogP contribution < -0.4 is 0 Å². The van der Waals surface area contributed by atoms with Gasteiger partial charge in [-0.05, 0) is 30.7 Å². The summed E-state index contributed by atoms with van der Waals surface area (Å²) in [5.41, 5.74) is 1.37. The Morgan fingerprint density at radius 2 is 1.38 bits per heavy atom. The summed E-state index contributed by atoms with van der Waals surface area (Å²) < 4.78 is 39.9. The van der Waals surface area contributed by atoms with Gasteiger partial charge in [0.25, 0.3) is 0 Å². The molecule has 5 atom stereocenters. The Bertz CT molecular complexity index is 1350. The van der Waals surface area contributed by atoms with Gasteiger partial charge >= 0.3 is 29.8 Å². The Hall–Kier alpha value is -4.37. The summed E-state index contributed by atoms with van der Waals surface area (Å²) in [7, 11) is 0. The molecule has 0 unspecified atom stereocenters. The van der Waals surface area contributed by atoms with Gasteiger partial charge in [0.15, 0.2) is 24.6 Å². The zero-order chi connectivity index (χ0) is 34.3. The molecule has 2 heterocycles. The molecule has 1 aliphatic rings. The summed E-state index contributed by atoms with van der Waals surface area (Å²) in [6.45, 7) is 6.55. The second-order valence-electron chi connectivity index (χ2n) is 11.0. The molecule has 0 saturated carbocycles. The molecule has 2 aromatic rings. The molecule has 1 aliphatic heterocycles. The predicted molar refractivity (Wildman–Crippen MR) is 162 cm³/mol. The minimum absolute atomic E-state index is 0.198. The zero-order valence-electron chi connectivity index (χ0n) is 27.4. The number of unbranched alkanes of at least 4 members (excludes halogenated alkanes) is 5. The molecule has 0 radical (unpaired) electrons. The number of ether oxygens (including phenoxy) is 7. The number of esters is 5. The maximum atomic E-state index is 12.4. The maximum Gasteiger partial charge on any atom is 0.338 e. The molecular formula is C32H43N3O12. The highest BCUT2D eigenvalue weighted by molar-refractivity contribution is 5.89. The van der Waals surface area contributed by atoms with Gasteiger partial charge in [-0.3, -0.25) is 19.2 Å². The van der Waals surface area contributed by atoms with Crippen LogP contribution in [0.3, 0.4) is 0 Å². The molecule has 1 fully saturated rings. The first-order chi connectivity index (χ1) is 22.5. The van der Waals surface area contributed by atoms with E-state index in [1.165, 1.54) is 30.9 Å². The molecule has 1 aromatic heterocycles.